The number of thioether (sulfide) groups is 1. The van der Waals surface area contributed by atoms with Crippen LogP contribution in [0.15, 0.2) is 23.2 Å². The Kier molecular flexibility index (Phi) is 8.39. The zero-order valence-corrected chi connectivity index (χ0v) is 16.5. The van der Waals surface area contributed by atoms with Crippen molar-refractivity contribution in [3.63, 3.8) is 0 Å². The van der Waals surface area contributed by atoms with Crippen molar-refractivity contribution in [2.45, 2.75) is 31.3 Å². The quantitative estimate of drug-likeness (QED) is 0.523. The molecule has 0 fully saturated rings. The van der Waals surface area contributed by atoms with Gasteiger partial charge >= 0.3 is 6.18 Å². The highest BCUT2D eigenvalue weighted by molar-refractivity contribution is 7.99. The molecule has 0 atom stereocenters. The molecule has 0 heterocycles. The minimum Gasteiger partial charge on any atom is -0.493 e. The molecule has 0 saturated heterocycles. The van der Waals surface area contributed by atoms with E-state index < -0.39 is 12.8 Å². The van der Waals surface area contributed by atoms with Crippen LogP contribution in [0.4, 0.5) is 13.2 Å². The van der Waals surface area contributed by atoms with Gasteiger partial charge in [0.05, 0.1) is 7.11 Å². The molecule has 0 unspecified atom stereocenters. The average Bonchev–Trinajstić information content (AvgIpc) is 2.59. The van der Waals surface area contributed by atoms with Gasteiger partial charge in [-0.3, -0.25) is 4.99 Å². The molecule has 0 aromatic heterocycles. The fourth-order valence-corrected chi connectivity index (χ4v) is 2.09. The van der Waals surface area contributed by atoms with Crippen LogP contribution in [0.3, 0.4) is 0 Å². The lowest BCUT2D eigenvalue weighted by molar-refractivity contribution is -0.153. The molecule has 26 heavy (non-hydrogen) atoms. The SMILES string of the molecule is CN=C(NCc1ccc(OCC(F)(F)F)c(OC)c1)NCC(C)(C)SC. The number of halogens is 3. The molecule has 2 N–H and O–H groups in total. The number of nitrogens with one attached hydrogen (secondary N) is 2. The normalized spacial score (nSPS) is 12.7. The molecule has 0 bridgehead atoms. The highest BCUT2D eigenvalue weighted by atomic mass is 32.2. The molecule has 9 heteroatoms. The van der Waals surface area contributed by atoms with Crippen LogP contribution in [0.2, 0.25) is 0 Å². The lowest BCUT2D eigenvalue weighted by Crippen LogP contribution is -2.42. The Hall–Kier alpha value is -1.77. The molecule has 0 amide bonds. The van der Waals surface area contributed by atoms with E-state index in [-0.39, 0.29) is 16.2 Å². The molecule has 0 aliphatic rings. The van der Waals surface area contributed by atoms with Crippen molar-refractivity contribution in [3.05, 3.63) is 23.8 Å². The van der Waals surface area contributed by atoms with Gasteiger partial charge in [0.1, 0.15) is 0 Å². The van der Waals surface area contributed by atoms with E-state index in [9.17, 15) is 13.2 Å². The summed E-state index contributed by atoms with van der Waals surface area (Å²) in [5.41, 5.74) is 0.827. The smallest absolute Gasteiger partial charge is 0.422 e. The fraction of sp³-hybridized carbons (Fsp3) is 0.588. The Bertz CT molecular complexity index is 607. The molecule has 1 aromatic carbocycles. The van der Waals surface area contributed by atoms with Crippen molar-refractivity contribution >= 4 is 17.7 Å². The summed E-state index contributed by atoms with van der Waals surface area (Å²) in [6.07, 6.45) is -2.35. The Labute approximate surface area is 156 Å². The summed E-state index contributed by atoms with van der Waals surface area (Å²) in [4.78, 5) is 4.16. The van der Waals surface area contributed by atoms with Crippen molar-refractivity contribution in [3.8, 4) is 11.5 Å². The van der Waals surface area contributed by atoms with Crippen LogP contribution >= 0.6 is 11.8 Å². The highest BCUT2D eigenvalue weighted by Gasteiger charge is 2.29. The van der Waals surface area contributed by atoms with Crippen LogP contribution in [-0.4, -0.2) is 50.4 Å². The van der Waals surface area contributed by atoms with Gasteiger partial charge in [-0.1, -0.05) is 6.07 Å². The Balaban J connectivity index is 2.66. The zero-order valence-electron chi connectivity index (χ0n) is 15.7. The van der Waals surface area contributed by atoms with Gasteiger partial charge in [0.2, 0.25) is 0 Å². The summed E-state index contributed by atoms with van der Waals surface area (Å²) in [5, 5.41) is 6.41. The van der Waals surface area contributed by atoms with E-state index in [1.54, 1.807) is 30.9 Å². The fourth-order valence-electron chi connectivity index (χ4n) is 1.88. The molecule has 1 aromatic rings. The van der Waals surface area contributed by atoms with Gasteiger partial charge in [0.15, 0.2) is 24.1 Å². The van der Waals surface area contributed by atoms with Gasteiger partial charge < -0.3 is 20.1 Å². The van der Waals surface area contributed by atoms with Gasteiger partial charge in [0, 0.05) is 24.9 Å². The molecule has 0 aliphatic carbocycles. The largest absolute Gasteiger partial charge is 0.493 e. The molecule has 0 spiro atoms. The zero-order chi connectivity index (χ0) is 19.8. The second-order valence-corrected chi connectivity index (χ2v) is 7.65. The van der Waals surface area contributed by atoms with Gasteiger partial charge in [-0.25, -0.2) is 0 Å². The van der Waals surface area contributed by atoms with E-state index >= 15 is 0 Å². The highest BCUT2D eigenvalue weighted by Crippen LogP contribution is 2.29. The van der Waals surface area contributed by atoms with Crippen molar-refractivity contribution in [2.24, 2.45) is 4.99 Å². The third kappa shape index (κ3) is 8.07. The number of aliphatic imine (C=N–C) groups is 1. The number of ether oxygens (including phenoxy) is 2. The summed E-state index contributed by atoms with van der Waals surface area (Å²) in [6, 6.07) is 4.78. The van der Waals surface area contributed by atoms with E-state index in [2.05, 4.69) is 29.5 Å². The van der Waals surface area contributed by atoms with E-state index in [1.807, 2.05) is 6.26 Å². The lowest BCUT2D eigenvalue weighted by Gasteiger charge is -2.23. The minimum absolute atomic E-state index is 0.0535. The Morgan fingerprint density at radius 3 is 2.42 bits per heavy atom. The van der Waals surface area contributed by atoms with E-state index in [4.69, 9.17) is 9.47 Å². The first-order valence-electron chi connectivity index (χ1n) is 7.96. The predicted molar refractivity (Wildman–Crippen MR) is 100 cm³/mol. The summed E-state index contributed by atoms with van der Waals surface area (Å²) >= 11 is 1.75. The topological polar surface area (TPSA) is 54.9 Å². The van der Waals surface area contributed by atoms with E-state index in [0.29, 0.717) is 12.5 Å². The van der Waals surface area contributed by atoms with E-state index in [0.717, 1.165) is 12.1 Å². The van der Waals surface area contributed by atoms with Crippen molar-refractivity contribution in [1.29, 1.82) is 0 Å². The van der Waals surface area contributed by atoms with Crippen molar-refractivity contribution in [2.75, 3.05) is 33.6 Å². The van der Waals surface area contributed by atoms with Crippen LogP contribution in [0.25, 0.3) is 0 Å². The summed E-state index contributed by atoms with van der Waals surface area (Å²) < 4.78 is 46.8. The minimum atomic E-state index is -4.39. The van der Waals surface area contributed by atoms with Gasteiger partial charge in [0.25, 0.3) is 0 Å². The first-order chi connectivity index (χ1) is 12.1. The second kappa shape index (κ2) is 9.80. The van der Waals surface area contributed by atoms with Crippen LogP contribution in [0.5, 0.6) is 11.5 Å². The summed E-state index contributed by atoms with van der Waals surface area (Å²) in [6.45, 7) is 4.07. The summed E-state index contributed by atoms with van der Waals surface area (Å²) in [7, 11) is 3.06. The summed E-state index contributed by atoms with van der Waals surface area (Å²) in [5.74, 6) is 0.946. The maximum Gasteiger partial charge on any atom is 0.422 e. The van der Waals surface area contributed by atoms with Gasteiger partial charge in [-0.15, -0.1) is 0 Å². The standard InChI is InChI=1S/C17H26F3N3O2S/c1-16(2,26-5)10-23-15(21-3)22-9-12-6-7-13(14(8-12)24-4)25-11-17(18,19)20/h6-8H,9-11H2,1-5H3,(H2,21,22,23). The van der Waals surface area contributed by atoms with Crippen molar-refractivity contribution < 1.29 is 22.6 Å². The molecule has 0 aliphatic heterocycles. The van der Waals surface area contributed by atoms with Gasteiger partial charge in [-0.05, 0) is 37.8 Å². The molecule has 5 nitrogen and oxygen atoms in total. The Morgan fingerprint density at radius 2 is 1.88 bits per heavy atom. The number of guanidine groups is 1. The molecule has 0 radical (unpaired) electrons. The molecule has 148 valence electrons. The molecule has 0 saturated carbocycles. The van der Waals surface area contributed by atoms with Crippen LogP contribution < -0.4 is 20.1 Å². The monoisotopic (exact) mass is 393 g/mol. The predicted octanol–water partition coefficient (Wildman–Crippen LogP) is 3.44. The number of methoxy groups -OCH3 is 1. The third-order valence-electron chi connectivity index (χ3n) is 3.54. The van der Waals surface area contributed by atoms with Crippen LogP contribution in [0.1, 0.15) is 19.4 Å². The van der Waals surface area contributed by atoms with E-state index in [1.165, 1.54) is 13.2 Å². The molecular formula is C17H26F3N3O2S. The number of hydrogen-bond acceptors (Lipinski definition) is 4. The number of hydrogen-bond donors (Lipinski definition) is 2. The number of nitrogens with zero attached hydrogens (tertiary/aromatic N) is 1. The second-order valence-electron chi connectivity index (χ2n) is 6.13. The Morgan fingerprint density at radius 1 is 1.19 bits per heavy atom. The first-order valence-corrected chi connectivity index (χ1v) is 9.19. The maximum atomic E-state index is 12.3. The van der Waals surface area contributed by atoms with Crippen molar-refractivity contribution in [1.82, 2.24) is 10.6 Å². The lowest BCUT2D eigenvalue weighted by atomic mass is 10.2. The van der Waals surface area contributed by atoms with Crippen LogP contribution in [-0.2, 0) is 6.54 Å². The number of rotatable bonds is 8. The van der Waals surface area contributed by atoms with Crippen LogP contribution in [0, 0.1) is 0 Å². The average molecular weight is 393 g/mol. The number of benzene rings is 1. The third-order valence-corrected chi connectivity index (χ3v) is 4.79. The molecule has 1 rings (SSSR count). The maximum absolute atomic E-state index is 12.3. The first kappa shape index (κ1) is 22.3. The number of alkyl halides is 3. The van der Waals surface area contributed by atoms with Gasteiger partial charge in [-0.2, -0.15) is 24.9 Å². The molecular weight excluding hydrogens is 367 g/mol.